The molecule has 0 saturated heterocycles. The molecule has 0 aromatic heterocycles. The Morgan fingerprint density at radius 1 is 0.846 bits per heavy atom. The normalized spacial score (nSPS) is 10.3. The van der Waals surface area contributed by atoms with E-state index in [9.17, 15) is 13.6 Å². The van der Waals surface area contributed by atoms with Gasteiger partial charge in [0.1, 0.15) is 11.6 Å². The molecule has 0 atom stereocenters. The molecule has 0 aliphatic heterocycles. The highest BCUT2D eigenvalue weighted by Crippen LogP contribution is 2.39. The summed E-state index contributed by atoms with van der Waals surface area (Å²) in [6, 6.07) is 5.79. The quantitative estimate of drug-likeness (QED) is 0.753. The van der Waals surface area contributed by atoms with Crippen LogP contribution in [0.4, 0.5) is 14.5 Å². The first-order valence-corrected chi connectivity index (χ1v) is 8.32. The summed E-state index contributed by atoms with van der Waals surface area (Å²) >= 11 is 0. The summed E-state index contributed by atoms with van der Waals surface area (Å²) in [5.74, 6) is -0.995. The first kappa shape index (κ1) is 19.5. The van der Waals surface area contributed by atoms with E-state index in [1.807, 2.05) is 6.92 Å². The Labute approximate surface area is 150 Å². The largest absolute Gasteiger partial charge is 0.490 e. The minimum atomic E-state index is -0.781. The van der Waals surface area contributed by atoms with Crippen molar-refractivity contribution in [3.05, 3.63) is 47.5 Å². The van der Waals surface area contributed by atoms with Gasteiger partial charge in [-0.3, -0.25) is 4.79 Å². The second kappa shape index (κ2) is 9.03. The number of amides is 1. The van der Waals surface area contributed by atoms with Crippen LogP contribution < -0.4 is 19.5 Å². The van der Waals surface area contributed by atoms with Crippen LogP contribution in [-0.4, -0.2) is 25.7 Å². The van der Waals surface area contributed by atoms with E-state index < -0.39 is 17.5 Å². The molecular formula is C19H21F2NO4. The molecule has 0 saturated carbocycles. The van der Waals surface area contributed by atoms with Gasteiger partial charge in [0.15, 0.2) is 11.5 Å². The maximum atomic E-state index is 13.3. The summed E-state index contributed by atoms with van der Waals surface area (Å²) in [5.41, 5.74) is 0.224. The van der Waals surface area contributed by atoms with E-state index in [0.717, 1.165) is 18.2 Å². The van der Waals surface area contributed by atoms with Gasteiger partial charge in [-0.25, -0.2) is 8.78 Å². The number of benzene rings is 2. The average Bonchev–Trinajstić information content (AvgIpc) is 2.57. The Morgan fingerprint density at radius 3 is 1.81 bits per heavy atom. The highest BCUT2D eigenvalue weighted by atomic mass is 19.1. The Bertz CT molecular complexity index is 733. The van der Waals surface area contributed by atoms with Gasteiger partial charge in [-0.05, 0) is 45.0 Å². The standard InChI is InChI=1S/C19H21F2NO4/c1-4-24-16-7-12(8-17(25-5-2)18(16)26-6-3)19(23)22-15-10-13(20)9-14(21)11-15/h7-11H,4-6H2,1-3H3,(H,22,23). The molecule has 7 heteroatoms. The topological polar surface area (TPSA) is 56.8 Å². The van der Waals surface area contributed by atoms with E-state index in [1.54, 1.807) is 13.8 Å². The maximum absolute atomic E-state index is 13.3. The monoisotopic (exact) mass is 365 g/mol. The molecule has 0 unspecified atom stereocenters. The third kappa shape index (κ3) is 4.84. The van der Waals surface area contributed by atoms with Crippen LogP contribution in [0.3, 0.4) is 0 Å². The van der Waals surface area contributed by atoms with Gasteiger partial charge in [-0.2, -0.15) is 0 Å². The second-order valence-electron chi connectivity index (χ2n) is 5.21. The third-order valence-corrected chi connectivity index (χ3v) is 3.29. The molecule has 0 fully saturated rings. The molecule has 0 spiro atoms. The van der Waals surface area contributed by atoms with Gasteiger partial charge in [0.2, 0.25) is 5.75 Å². The number of ether oxygens (including phenoxy) is 3. The maximum Gasteiger partial charge on any atom is 0.255 e. The Kier molecular flexibility index (Phi) is 6.77. The number of hydrogen-bond acceptors (Lipinski definition) is 4. The van der Waals surface area contributed by atoms with E-state index in [-0.39, 0.29) is 11.3 Å². The van der Waals surface area contributed by atoms with Crippen molar-refractivity contribution in [3.63, 3.8) is 0 Å². The highest BCUT2D eigenvalue weighted by Gasteiger charge is 2.18. The Morgan fingerprint density at radius 2 is 1.35 bits per heavy atom. The average molecular weight is 365 g/mol. The third-order valence-electron chi connectivity index (χ3n) is 3.29. The van der Waals surface area contributed by atoms with Gasteiger partial charge in [0.25, 0.3) is 5.91 Å². The predicted molar refractivity (Wildman–Crippen MR) is 94.3 cm³/mol. The zero-order chi connectivity index (χ0) is 19.1. The highest BCUT2D eigenvalue weighted by molar-refractivity contribution is 6.05. The first-order chi connectivity index (χ1) is 12.5. The SMILES string of the molecule is CCOc1cc(C(=O)Nc2cc(F)cc(F)c2)cc(OCC)c1OCC. The van der Waals surface area contributed by atoms with Gasteiger partial charge in [0, 0.05) is 17.3 Å². The van der Waals surface area contributed by atoms with E-state index in [0.29, 0.717) is 37.1 Å². The zero-order valence-electron chi connectivity index (χ0n) is 14.9. The minimum Gasteiger partial charge on any atom is -0.490 e. The molecule has 0 bridgehead atoms. The van der Waals surface area contributed by atoms with Crippen LogP contribution in [0.5, 0.6) is 17.2 Å². The molecule has 2 aromatic carbocycles. The molecule has 2 rings (SSSR count). The van der Waals surface area contributed by atoms with Crippen molar-refractivity contribution in [1.29, 1.82) is 0 Å². The number of halogens is 2. The molecule has 0 radical (unpaired) electrons. The van der Waals surface area contributed by atoms with Crippen LogP contribution >= 0.6 is 0 Å². The van der Waals surface area contributed by atoms with E-state index in [2.05, 4.69) is 5.32 Å². The van der Waals surface area contributed by atoms with Crippen molar-refractivity contribution >= 4 is 11.6 Å². The molecule has 1 N–H and O–H groups in total. The molecule has 0 aliphatic rings. The fourth-order valence-corrected chi connectivity index (χ4v) is 2.35. The number of rotatable bonds is 8. The summed E-state index contributed by atoms with van der Waals surface area (Å²) in [6.45, 7) is 6.56. The molecular weight excluding hydrogens is 344 g/mol. The molecule has 5 nitrogen and oxygen atoms in total. The second-order valence-corrected chi connectivity index (χ2v) is 5.21. The lowest BCUT2D eigenvalue weighted by Gasteiger charge is -2.17. The van der Waals surface area contributed by atoms with Crippen molar-refractivity contribution in [2.24, 2.45) is 0 Å². The fourth-order valence-electron chi connectivity index (χ4n) is 2.35. The van der Waals surface area contributed by atoms with Crippen molar-refractivity contribution < 1.29 is 27.8 Å². The lowest BCUT2D eigenvalue weighted by Crippen LogP contribution is -2.13. The molecule has 140 valence electrons. The van der Waals surface area contributed by atoms with Gasteiger partial charge in [-0.1, -0.05) is 0 Å². The number of nitrogens with one attached hydrogen (secondary N) is 1. The summed E-state index contributed by atoms with van der Waals surface area (Å²) < 4.78 is 43.3. The minimum absolute atomic E-state index is 0.0114. The summed E-state index contributed by atoms with van der Waals surface area (Å²) in [6.07, 6.45) is 0. The Balaban J connectivity index is 2.38. The van der Waals surface area contributed by atoms with E-state index >= 15 is 0 Å². The van der Waals surface area contributed by atoms with Crippen LogP contribution in [0.25, 0.3) is 0 Å². The smallest absolute Gasteiger partial charge is 0.255 e. The van der Waals surface area contributed by atoms with Crippen LogP contribution in [0.1, 0.15) is 31.1 Å². The van der Waals surface area contributed by atoms with E-state index in [4.69, 9.17) is 14.2 Å². The van der Waals surface area contributed by atoms with Crippen molar-refractivity contribution in [3.8, 4) is 17.2 Å². The van der Waals surface area contributed by atoms with Crippen molar-refractivity contribution in [2.45, 2.75) is 20.8 Å². The number of hydrogen-bond donors (Lipinski definition) is 1. The predicted octanol–water partition coefficient (Wildman–Crippen LogP) is 4.41. The van der Waals surface area contributed by atoms with Crippen LogP contribution in [0.15, 0.2) is 30.3 Å². The molecule has 0 aliphatic carbocycles. The van der Waals surface area contributed by atoms with Gasteiger partial charge in [0.05, 0.1) is 19.8 Å². The number of carbonyl (C=O) groups is 1. The first-order valence-electron chi connectivity index (χ1n) is 8.32. The fraction of sp³-hybridized carbons (Fsp3) is 0.316. The molecule has 26 heavy (non-hydrogen) atoms. The lowest BCUT2D eigenvalue weighted by molar-refractivity contribution is 0.102. The van der Waals surface area contributed by atoms with Crippen molar-refractivity contribution in [1.82, 2.24) is 0 Å². The van der Waals surface area contributed by atoms with Gasteiger partial charge in [-0.15, -0.1) is 0 Å². The van der Waals surface area contributed by atoms with Crippen molar-refractivity contribution in [2.75, 3.05) is 25.1 Å². The van der Waals surface area contributed by atoms with Gasteiger partial charge >= 0.3 is 0 Å². The van der Waals surface area contributed by atoms with Crippen LogP contribution in [0, 0.1) is 11.6 Å². The number of carbonyl (C=O) groups excluding carboxylic acids is 1. The van der Waals surface area contributed by atoms with E-state index in [1.165, 1.54) is 12.1 Å². The zero-order valence-corrected chi connectivity index (χ0v) is 14.9. The summed E-state index contributed by atoms with van der Waals surface area (Å²) in [4.78, 5) is 12.5. The lowest BCUT2D eigenvalue weighted by atomic mass is 10.1. The molecule has 2 aromatic rings. The van der Waals surface area contributed by atoms with Gasteiger partial charge < -0.3 is 19.5 Å². The van der Waals surface area contributed by atoms with Crippen LogP contribution in [-0.2, 0) is 0 Å². The van der Waals surface area contributed by atoms with Crippen LogP contribution in [0.2, 0.25) is 0 Å². The molecule has 0 heterocycles. The Hall–Kier alpha value is -2.83. The molecule has 1 amide bonds. The summed E-state index contributed by atoms with van der Waals surface area (Å²) in [5, 5.41) is 2.46. The number of anilines is 1. The summed E-state index contributed by atoms with van der Waals surface area (Å²) in [7, 11) is 0.